The second-order valence-electron chi connectivity index (χ2n) is 7.43. The molecule has 0 bridgehead atoms. The molecule has 0 unspecified atom stereocenters. The Morgan fingerprint density at radius 3 is 2.42 bits per heavy atom. The van der Waals surface area contributed by atoms with Crippen molar-refractivity contribution < 1.29 is 24.2 Å². The molecule has 0 atom stereocenters. The van der Waals surface area contributed by atoms with Gasteiger partial charge in [-0.1, -0.05) is 32.1 Å². The number of carbonyl (C=O) groups excluding carboxylic acids is 3. The number of rotatable bonds is 6. The average Bonchev–Trinajstić information content (AvgIpc) is 2.73. The van der Waals surface area contributed by atoms with E-state index in [0.29, 0.717) is 29.2 Å². The van der Waals surface area contributed by atoms with Gasteiger partial charge in [-0.15, -0.1) is 6.58 Å². The molecule has 31 heavy (non-hydrogen) atoms. The summed E-state index contributed by atoms with van der Waals surface area (Å²) in [5.41, 5.74) is 2.22. The normalized spacial score (nSPS) is 15.4. The smallest absolute Gasteiger partial charge is 0.335 e. The molecule has 2 N–H and O–H groups in total. The van der Waals surface area contributed by atoms with E-state index in [9.17, 15) is 19.5 Å². The van der Waals surface area contributed by atoms with Gasteiger partial charge in [-0.05, 0) is 53.8 Å². The van der Waals surface area contributed by atoms with Crippen molar-refractivity contribution in [3.05, 3.63) is 71.3 Å². The Morgan fingerprint density at radius 2 is 1.84 bits per heavy atom. The maximum atomic E-state index is 13.1. The number of benzene rings is 2. The Kier molecular flexibility index (Phi) is 6.25. The molecule has 1 aliphatic heterocycles. The summed E-state index contributed by atoms with van der Waals surface area (Å²) in [6, 6.07) is 9.36. The number of imide groups is 2. The van der Waals surface area contributed by atoms with Gasteiger partial charge in [0, 0.05) is 5.56 Å². The molecular weight excluding hydrogens is 396 g/mol. The van der Waals surface area contributed by atoms with E-state index in [4.69, 9.17) is 4.74 Å². The number of phenols is 1. The Hall–Kier alpha value is -3.87. The van der Waals surface area contributed by atoms with Crippen LogP contribution in [-0.4, -0.2) is 30.1 Å². The van der Waals surface area contributed by atoms with Crippen molar-refractivity contribution in [3.8, 4) is 11.5 Å². The average molecular weight is 420 g/mol. The van der Waals surface area contributed by atoms with Crippen LogP contribution in [-0.2, 0) is 16.0 Å². The maximum Gasteiger partial charge on any atom is 0.335 e. The molecule has 0 aromatic heterocycles. The Bertz CT molecular complexity index is 1080. The van der Waals surface area contributed by atoms with Crippen molar-refractivity contribution in [3.63, 3.8) is 0 Å². The largest absolute Gasteiger partial charge is 0.504 e. The van der Waals surface area contributed by atoms with Crippen LogP contribution in [0.4, 0.5) is 10.5 Å². The Balaban J connectivity index is 2.03. The number of urea groups is 1. The van der Waals surface area contributed by atoms with Crippen molar-refractivity contribution in [1.82, 2.24) is 5.32 Å². The van der Waals surface area contributed by atoms with Crippen molar-refractivity contribution in [2.24, 2.45) is 0 Å². The molecular formula is C24H24N2O5. The maximum absolute atomic E-state index is 13.1. The first-order valence-electron chi connectivity index (χ1n) is 9.79. The van der Waals surface area contributed by atoms with Crippen LogP contribution in [0.3, 0.4) is 0 Å². The number of aromatic hydroxyl groups is 1. The summed E-state index contributed by atoms with van der Waals surface area (Å²) in [4.78, 5) is 38.8. The van der Waals surface area contributed by atoms with Gasteiger partial charge >= 0.3 is 6.03 Å². The molecule has 3 rings (SSSR count). The van der Waals surface area contributed by atoms with Gasteiger partial charge in [0.2, 0.25) is 0 Å². The molecule has 160 valence electrons. The lowest BCUT2D eigenvalue weighted by Crippen LogP contribution is -2.54. The summed E-state index contributed by atoms with van der Waals surface area (Å²) < 4.78 is 5.19. The number of hydrogen-bond acceptors (Lipinski definition) is 5. The number of carbonyl (C=O) groups is 3. The minimum atomic E-state index is -0.805. The first-order valence-corrected chi connectivity index (χ1v) is 9.79. The quantitative estimate of drug-likeness (QED) is 0.420. The Morgan fingerprint density at radius 1 is 1.16 bits per heavy atom. The summed E-state index contributed by atoms with van der Waals surface area (Å²) in [7, 11) is 1.41. The number of anilines is 1. The van der Waals surface area contributed by atoms with Gasteiger partial charge in [0.15, 0.2) is 11.5 Å². The van der Waals surface area contributed by atoms with E-state index in [2.05, 4.69) is 11.9 Å². The Labute approximate surface area is 180 Å². The van der Waals surface area contributed by atoms with Crippen LogP contribution in [0.25, 0.3) is 6.08 Å². The minimum Gasteiger partial charge on any atom is -0.504 e. The fourth-order valence-electron chi connectivity index (χ4n) is 3.31. The molecule has 0 aliphatic carbocycles. The second kappa shape index (κ2) is 8.87. The molecule has 0 spiro atoms. The number of ether oxygens (including phenoxy) is 1. The number of hydrogen-bond donors (Lipinski definition) is 2. The predicted molar refractivity (Wildman–Crippen MR) is 118 cm³/mol. The highest BCUT2D eigenvalue weighted by Gasteiger charge is 2.36. The molecule has 2 aromatic rings. The molecule has 7 nitrogen and oxygen atoms in total. The van der Waals surface area contributed by atoms with E-state index in [1.54, 1.807) is 24.3 Å². The topological polar surface area (TPSA) is 95.9 Å². The third kappa shape index (κ3) is 4.35. The van der Waals surface area contributed by atoms with E-state index >= 15 is 0 Å². The number of phenolic OH excluding ortho intramolecular Hbond substituents is 1. The van der Waals surface area contributed by atoms with E-state index in [-0.39, 0.29) is 17.1 Å². The highest BCUT2D eigenvalue weighted by atomic mass is 16.5. The zero-order valence-corrected chi connectivity index (χ0v) is 17.6. The van der Waals surface area contributed by atoms with Crippen LogP contribution >= 0.6 is 0 Å². The molecule has 1 fully saturated rings. The van der Waals surface area contributed by atoms with Crippen LogP contribution in [0, 0.1) is 0 Å². The zero-order valence-electron chi connectivity index (χ0n) is 17.6. The van der Waals surface area contributed by atoms with Crippen LogP contribution in [0.15, 0.2) is 54.6 Å². The zero-order chi connectivity index (χ0) is 22.7. The summed E-state index contributed by atoms with van der Waals surface area (Å²) in [6.45, 7) is 7.74. The first kappa shape index (κ1) is 21.8. The van der Waals surface area contributed by atoms with Gasteiger partial charge in [0.1, 0.15) is 5.57 Å². The number of methoxy groups -OCH3 is 1. The standard InChI is InChI=1S/C24H24N2O5/c1-5-6-17-11-15(13-20(31-4)21(17)27)12-19-22(28)25-24(30)26(23(19)29)18-9-7-16(8-10-18)14(2)3/h5,7-14,27H,1,6H2,2-4H3,(H,25,28,30)/b19-12-. The molecule has 1 heterocycles. The van der Waals surface area contributed by atoms with Gasteiger partial charge < -0.3 is 9.84 Å². The fraction of sp³-hybridized carbons (Fsp3) is 0.208. The van der Waals surface area contributed by atoms with Crippen molar-refractivity contribution in [1.29, 1.82) is 0 Å². The van der Waals surface area contributed by atoms with Crippen molar-refractivity contribution >= 4 is 29.6 Å². The van der Waals surface area contributed by atoms with E-state index in [0.717, 1.165) is 10.5 Å². The van der Waals surface area contributed by atoms with Gasteiger partial charge in [-0.2, -0.15) is 0 Å². The SMILES string of the molecule is C=CCc1cc(/C=C2/C(=O)NC(=O)N(c3ccc(C(C)C)cc3)C2=O)cc(OC)c1O. The molecule has 7 heteroatoms. The van der Waals surface area contributed by atoms with Crippen LogP contribution in [0.2, 0.25) is 0 Å². The number of allylic oxidation sites excluding steroid dienone is 1. The van der Waals surface area contributed by atoms with E-state index in [1.165, 1.54) is 19.3 Å². The number of nitrogens with zero attached hydrogens (tertiary/aromatic N) is 1. The lowest BCUT2D eigenvalue weighted by atomic mass is 10.0. The van der Waals surface area contributed by atoms with Gasteiger partial charge in [0.05, 0.1) is 12.8 Å². The summed E-state index contributed by atoms with van der Waals surface area (Å²) >= 11 is 0. The first-order chi connectivity index (χ1) is 14.8. The van der Waals surface area contributed by atoms with Crippen LogP contribution < -0.4 is 15.0 Å². The molecule has 4 amide bonds. The molecule has 1 saturated heterocycles. The molecule has 1 aliphatic rings. The van der Waals surface area contributed by atoms with Crippen LogP contribution in [0.5, 0.6) is 11.5 Å². The van der Waals surface area contributed by atoms with E-state index < -0.39 is 17.8 Å². The molecule has 0 saturated carbocycles. The fourth-order valence-corrected chi connectivity index (χ4v) is 3.31. The molecule has 2 aromatic carbocycles. The third-order valence-corrected chi connectivity index (χ3v) is 4.99. The lowest BCUT2D eigenvalue weighted by molar-refractivity contribution is -0.122. The van der Waals surface area contributed by atoms with Gasteiger partial charge in [-0.3, -0.25) is 14.9 Å². The minimum absolute atomic E-state index is 0.0361. The summed E-state index contributed by atoms with van der Waals surface area (Å²) in [6.07, 6.45) is 3.35. The van der Waals surface area contributed by atoms with E-state index in [1.807, 2.05) is 26.0 Å². The number of nitrogens with one attached hydrogen (secondary N) is 1. The monoisotopic (exact) mass is 420 g/mol. The molecule has 0 radical (unpaired) electrons. The lowest BCUT2D eigenvalue weighted by Gasteiger charge is -2.26. The summed E-state index contributed by atoms with van der Waals surface area (Å²) in [5, 5.41) is 12.5. The van der Waals surface area contributed by atoms with Crippen LogP contribution in [0.1, 0.15) is 36.5 Å². The van der Waals surface area contributed by atoms with Gasteiger partial charge in [0.25, 0.3) is 11.8 Å². The highest BCUT2D eigenvalue weighted by molar-refractivity contribution is 6.39. The highest BCUT2D eigenvalue weighted by Crippen LogP contribution is 2.33. The van der Waals surface area contributed by atoms with Gasteiger partial charge in [-0.25, -0.2) is 9.69 Å². The third-order valence-electron chi connectivity index (χ3n) is 4.99. The predicted octanol–water partition coefficient (Wildman–Crippen LogP) is 3.92. The number of amides is 4. The van der Waals surface area contributed by atoms with Crippen molar-refractivity contribution in [2.75, 3.05) is 12.0 Å². The summed E-state index contributed by atoms with van der Waals surface area (Å²) in [5.74, 6) is -1.06. The number of barbiturate groups is 1. The van der Waals surface area contributed by atoms with Crippen molar-refractivity contribution in [2.45, 2.75) is 26.2 Å². The second-order valence-corrected chi connectivity index (χ2v) is 7.43.